The second-order valence-electron chi connectivity index (χ2n) is 5.74. The van der Waals surface area contributed by atoms with Crippen molar-refractivity contribution in [2.75, 3.05) is 5.32 Å². The number of hydrogen-bond acceptors (Lipinski definition) is 4. The zero-order chi connectivity index (χ0) is 17.0. The molecule has 23 heavy (non-hydrogen) atoms. The van der Waals surface area contributed by atoms with Crippen molar-refractivity contribution in [1.29, 1.82) is 0 Å². The van der Waals surface area contributed by atoms with Crippen LogP contribution in [0.25, 0.3) is 0 Å². The molecule has 0 unspecified atom stereocenters. The van der Waals surface area contributed by atoms with Gasteiger partial charge in [0, 0.05) is 23.9 Å². The predicted octanol–water partition coefficient (Wildman–Crippen LogP) is 2.67. The monoisotopic (exact) mass is 321 g/mol. The number of nitrogens with one attached hydrogen (secondary N) is 2. The molecule has 1 aliphatic carbocycles. The average Bonchev–Trinajstić information content (AvgIpc) is 2.49. The summed E-state index contributed by atoms with van der Waals surface area (Å²) in [6, 6.07) is 3.78. The molecular formula is C15H19N3O5. The van der Waals surface area contributed by atoms with Crippen LogP contribution in [-0.2, 0) is 4.79 Å². The van der Waals surface area contributed by atoms with Crippen LogP contribution in [0, 0.1) is 23.0 Å². The molecule has 3 N–H and O–H groups in total. The number of nitrogens with zero attached hydrogens (tertiary/aromatic N) is 1. The first-order chi connectivity index (χ1) is 10.9. The Morgan fingerprint density at radius 3 is 2.43 bits per heavy atom. The zero-order valence-electron chi connectivity index (χ0n) is 12.7. The molecule has 0 aliphatic heterocycles. The van der Waals surface area contributed by atoms with E-state index in [0.717, 1.165) is 0 Å². The average molecular weight is 321 g/mol. The van der Waals surface area contributed by atoms with E-state index in [9.17, 15) is 19.7 Å². The Hall–Kier alpha value is -2.64. The highest BCUT2D eigenvalue weighted by molar-refractivity contribution is 5.90. The molecule has 0 saturated heterocycles. The van der Waals surface area contributed by atoms with Crippen molar-refractivity contribution >= 4 is 23.4 Å². The van der Waals surface area contributed by atoms with Gasteiger partial charge in [-0.15, -0.1) is 0 Å². The summed E-state index contributed by atoms with van der Waals surface area (Å²) in [6.45, 7) is 1.68. The first-order valence-electron chi connectivity index (χ1n) is 7.42. The molecule has 0 bridgehead atoms. The number of amides is 2. The van der Waals surface area contributed by atoms with Crippen LogP contribution in [0.5, 0.6) is 0 Å². The standard InChI is InChI=1S/C15H19N3O5/c1-9-8-12(18(22)23)6-7-13(9)17-15(21)16-11-4-2-10(3-5-11)14(19)20/h6-8,10-11H,2-5H2,1H3,(H,19,20)(H2,16,17,21). The Balaban J connectivity index is 1.88. The highest BCUT2D eigenvalue weighted by Gasteiger charge is 2.26. The van der Waals surface area contributed by atoms with E-state index in [1.807, 2.05) is 0 Å². The Morgan fingerprint density at radius 1 is 1.26 bits per heavy atom. The molecule has 0 aromatic heterocycles. The number of aryl methyl sites for hydroxylation is 1. The fraction of sp³-hybridized carbons (Fsp3) is 0.467. The van der Waals surface area contributed by atoms with Gasteiger partial charge >= 0.3 is 12.0 Å². The van der Waals surface area contributed by atoms with Gasteiger partial charge < -0.3 is 15.7 Å². The number of carbonyl (C=O) groups excluding carboxylic acids is 1. The van der Waals surface area contributed by atoms with E-state index >= 15 is 0 Å². The third kappa shape index (κ3) is 4.41. The highest BCUT2D eigenvalue weighted by Crippen LogP contribution is 2.25. The number of aliphatic carboxylic acids is 1. The number of benzene rings is 1. The SMILES string of the molecule is Cc1cc([N+](=O)[O-])ccc1NC(=O)NC1CCC(C(=O)O)CC1. The molecule has 1 aromatic carbocycles. The van der Waals surface area contributed by atoms with E-state index in [0.29, 0.717) is 36.9 Å². The number of urea groups is 1. The summed E-state index contributed by atoms with van der Waals surface area (Å²) in [5, 5.41) is 25.1. The molecule has 0 heterocycles. The number of hydrogen-bond donors (Lipinski definition) is 3. The summed E-state index contributed by atoms with van der Waals surface area (Å²) in [4.78, 5) is 33.1. The van der Waals surface area contributed by atoms with E-state index < -0.39 is 10.9 Å². The second-order valence-corrected chi connectivity index (χ2v) is 5.74. The lowest BCUT2D eigenvalue weighted by atomic mass is 9.86. The molecule has 8 nitrogen and oxygen atoms in total. The van der Waals surface area contributed by atoms with E-state index in [1.165, 1.54) is 18.2 Å². The van der Waals surface area contributed by atoms with Crippen LogP contribution in [0.1, 0.15) is 31.2 Å². The Morgan fingerprint density at radius 2 is 1.91 bits per heavy atom. The van der Waals surface area contributed by atoms with Crippen LogP contribution in [0.4, 0.5) is 16.2 Å². The van der Waals surface area contributed by atoms with Crippen molar-refractivity contribution in [3.05, 3.63) is 33.9 Å². The fourth-order valence-electron chi connectivity index (χ4n) is 2.73. The summed E-state index contributed by atoms with van der Waals surface area (Å²) < 4.78 is 0. The molecule has 124 valence electrons. The van der Waals surface area contributed by atoms with Gasteiger partial charge in [0.05, 0.1) is 10.8 Å². The maximum atomic E-state index is 12.0. The van der Waals surface area contributed by atoms with E-state index in [-0.39, 0.29) is 23.7 Å². The first-order valence-corrected chi connectivity index (χ1v) is 7.42. The molecule has 0 atom stereocenters. The van der Waals surface area contributed by atoms with Crippen molar-refractivity contribution < 1.29 is 19.6 Å². The summed E-state index contributed by atoms with van der Waals surface area (Å²) >= 11 is 0. The van der Waals surface area contributed by atoms with Crippen molar-refractivity contribution in [3.63, 3.8) is 0 Å². The number of carbonyl (C=O) groups is 2. The van der Waals surface area contributed by atoms with Crippen LogP contribution in [0.2, 0.25) is 0 Å². The quantitative estimate of drug-likeness (QED) is 0.581. The fourth-order valence-corrected chi connectivity index (χ4v) is 2.73. The molecule has 1 saturated carbocycles. The van der Waals surface area contributed by atoms with Crippen molar-refractivity contribution in [3.8, 4) is 0 Å². The smallest absolute Gasteiger partial charge is 0.319 e. The predicted molar refractivity (Wildman–Crippen MR) is 83.4 cm³/mol. The van der Waals surface area contributed by atoms with Crippen LogP contribution >= 0.6 is 0 Å². The minimum absolute atomic E-state index is 0.0274. The normalized spacial score (nSPS) is 20.6. The van der Waals surface area contributed by atoms with Crippen LogP contribution < -0.4 is 10.6 Å². The molecule has 0 spiro atoms. The topological polar surface area (TPSA) is 122 Å². The van der Waals surface area contributed by atoms with E-state index in [4.69, 9.17) is 5.11 Å². The van der Waals surface area contributed by atoms with Gasteiger partial charge in [0.25, 0.3) is 5.69 Å². The van der Waals surface area contributed by atoms with Gasteiger partial charge in [-0.05, 0) is 44.2 Å². The maximum Gasteiger partial charge on any atom is 0.319 e. The Kier molecular flexibility index (Phi) is 5.15. The molecule has 0 radical (unpaired) electrons. The number of nitro groups is 1. The Labute approximate surface area is 133 Å². The number of carboxylic acid groups (broad SMARTS) is 1. The van der Waals surface area contributed by atoms with Gasteiger partial charge in [0.2, 0.25) is 0 Å². The first kappa shape index (κ1) is 16.7. The minimum atomic E-state index is -0.783. The third-order valence-electron chi connectivity index (χ3n) is 4.08. The summed E-state index contributed by atoms with van der Waals surface area (Å²) in [5.74, 6) is -1.11. The lowest BCUT2D eigenvalue weighted by molar-refractivity contribution is -0.384. The minimum Gasteiger partial charge on any atom is -0.481 e. The molecule has 2 amide bonds. The zero-order valence-corrected chi connectivity index (χ0v) is 12.7. The number of rotatable bonds is 4. The highest BCUT2D eigenvalue weighted by atomic mass is 16.6. The number of nitro benzene ring substituents is 1. The number of carboxylic acids is 1. The number of anilines is 1. The van der Waals surface area contributed by atoms with E-state index in [2.05, 4.69) is 10.6 Å². The van der Waals surface area contributed by atoms with Gasteiger partial charge in [-0.3, -0.25) is 14.9 Å². The Bertz CT molecular complexity index is 624. The molecule has 8 heteroatoms. The molecule has 1 aromatic rings. The van der Waals surface area contributed by atoms with Gasteiger partial charge in [-0.25, -0.2) is 4.79 Å². The van der Waals surface area contributed by atoms with Crippen molar-refractivity contribution in [2.24, 2.45) is 5.92 Å². The second kappa shape index (κ2) is 7.08. The van der Waals surface area contributed by atoms with Crippen LogP contribution in [0.3, 0.4) is 0 Å². The van der Waals surface area contributed by atoms with Gasteiger partial charge in [0.1, 0.15) is 0 Å². The van der Waals surface area contributed by atoms with Crippen LogP contribution in [0.15, 0.2) is 18.2 Å². The largest absolute Gasteiger partial charge is 0.481 e. The molecular weight excluding hydrogens is 302 g/mol. The maximum absolute atomic E-state index is 12.0. The lowest BCUT2D eigenvalue weighted by Gasteiger charge is -2.26. The third-order valence-corrected chi connectivity index (χ3v) is 4.08. The van der Waals surface area contributed by atoms with Gasteiger partial charge in [0.15, 0.2) is 0 Å². The summed E-state index contributed by atoms with van der Waals surface area (Å²) in [5.41, 5.74) is 1.08. The molecule has 1 aliphatic rings. The van der Waals surface area contributed by atoms with Crippen molar-refractivity contribution in [1.82, 2.24) is 5.32 Å². The summed E-state index contributed by atoms with van der Waals surface area (Å²) in [7, 11) is 0. The number of non-ortho nitro benzene ring substituents is 1. The summed E-state index contributed by atoms with van der Waals surface area (Å²) in [6.07, 6.45) is 2.36. The molecule has 2 rings (SSSR count). The lowest BCUT2D eigenvalue weighted by Crippen LogP contribution is -2.41. The van der Waals surface area contributed by atoms with Crippen molar-refractivity contribution in [2.45, 2.75) is 38.6 Å². The van der Waals surface area contributed by atoms with Gasteiger partial charge in [-0.2, -0.15) is 0 Å². The van der Waals surface area contributed by atoms with E-state index in [1.54, 1.807) is 6.92 Å². The molecule has 1 fully saturated rings. The van der Waals surface area contributed by atoms with Crippen LogP contribution in [-0.4, -0.2) is 28.1 Å². The van der Waals surface area contributed by atoms with Gasteiger partial charge in [-0.1, -0.05) is 0 Å².